The zero-order chi connectivity index (χ0) is 16.4. The highest BCUT2D eigenvalue weighted by Gasteiger charge is 2.02. The molecule has 0 saturated carbocycles. The number of guanidine groups is 1. The number of carbonyl (C=O) groups excluding carboxylic acids is 1. The van der Waals surface area contributed by atoms with Crippen molar-refractivity contribution in [2.45, 2.75) is 33.7 Å². The summed E-state index contributed by atoms with van der Waals surface area (Å²) in [5, 5.41) is 9.19. The molecule has 0 heterocycles. The molecule has 5 heteroatoms. The van der Waals surface area contributed by atoms with Crippen molar-refractivity contribution in [2.24, 2.45) is 10.9 Å². The summed E-state index contributed by atoms with van der Waals surface area (Å²) in [6.45, 7) is 8.81. The van der Waals surface area contributed by atoms with Crippen LogP contribution >= 0.6 is 0 Å². The number of rotatable bonds is 7. The number of aliphatic imine (C=N–C) groups is 1. The minimum Gasteiger partial charge on any atom is -0.357 e. The van der Waals surface area contributed by atoms with Gasteiger partial charge in [-0.05, 0) is 37.0 Å². The largest absolute Gasteiger partial charge is 0.357 e. The molecule has 122 valence electrons. The fraction of sp³-hybridized carbons (Fsp3) is 0.529. The summed E-state index contributed by atoms with van der Waals surface area (Å²) in [4.78, 5) is 16.1. The Kier molecular flexibility index (Phi) is 8.04. The highest BCUT2D eigenvalue weighted by atomic mass is 16.1. The van der Waals surface area contributed by atoms with Gasteiger partial charge in [0.25, 0.3) is 5.91 Å². The molecule has 1 amide bonds. The summed E-state index contributed by atoms with van der Waals surface area (Å²) in [6, 6.07) is 7.52. The molecule has 0 aliphatic carbocycles. The Morgan fingerprint density at radius 1 is 1.18 bits per heavy atom. The zero-order valence-corrected chi connectivity index (χ0v) is 14.1. The second-order valence-corrected chi connectivity index (χ2v) is 5.58. The van der Waals surface area contributed by atoms with Crippen LogP contribution in [0.5, 0.6) is 0 Å². The minimum absolute atomic E-state index is 0.0706. The molecule has 0 atom stereocenters. The maximum Gasteiger partial charge on any atom is 0.251 e. The second kappa shape index (κ2) is 9.82. The van der Waals surface area contributed by atoms with Crippen LogP contribution in [0.15, 0.2) is 29.3 Å². The average molecular weight is 304 g/mol. The Morgan fingerprint density at radius 3 is 2.41 bits per heavy atom. The molecule has 3 N–H and O–H groups in total. The van der Waals surface area contributed by atoms with Gasteiger partial charge < -0.3 is 16.0 Å². The first-order valence-electron chi connectivity index (χ1n) is 7.90. The van der Waals surface area contributed by atoms with Gasteiger partial charge in [-0.1, -0.05) is 26.0 Å². The van der Waals surface area contributed by atoms with Crippen molar-refractivity contribution in [2.75, 3.05) is 20.1 Å². The number of nitrogens with one attached hydrogen (secondary N) is 3. The Balaban J connectivity index is 2.59. The molecule has 0 spiro atoms. The van der Waals surface area contributed by atoms with Crippen molar-refractivity contribution < 1.29 is 4.79 Å². The molecular formula is C17H28N4O. The molecular weight excluding hydrogens is 276 g/mol. The number of nitrogens with zero attached hydrogens (tertiary/aromatic N) is 1. The topological polar surface area (TPSA) is 65.5 Å². The van der Waals surface area contributed by atoms with E-state index in [0.717, 1.165) is 31.0 Å². The molecule has 1 rings (SSSR count). The van der Waals surface area contributed by atoms with Crippen LogP contribution in [0.2, 0.25) is 0 Å². The van der Waals surface area contributed by atoms with Crippen molar-refractivity contribution in [1.29, 1.82) is 0 Å². The van der Waals surface area contributed by atoms with Crippen LogP contribution in [-0.4, -0.2) is 32.0 Å². The van der Waals surface area contributed by atoms with Gasteiger partial charge in [0.2, 0.25) is 0 Å². The number of hydrogen-bond donors (Lipinski definition) is 3. The fourth-order valence-electron chi connectivity index (χ4n) is 1.90. The van der Waals surface area contributed by atoms with Crippen LogP contribution in [-0.2, 0) is 6.54 Å². The van der Waals surface area contributed by atoms with E-state index in [-0.39, 0.29) is 5.91 Å². The molecule has 0 radical (unpaired) electrons. The number of amides is 1. The third-order valence-electron chi connectivity index (χ3n) is 3.22. The molecule has 0 aliphatic heterocycles. The Bertz CT molecular complexity index is 480. The molecule has 0 unspecified atom stereocenters. The summed E-state index contributed by atoms with van der Waals surface area (Å²) in [7, 11) is 1.63. The lowest BCUT2D eigenvalue weighted by atomic mass is 10.1. The van der Waals surface area contributed by atoms with E-state index in [2.05, 4.69) is 41.7 Å². The van der Waals surface area contributed by atoms with E-state index in [1.165, 1.54) is 0 Å². The van der Waals surface area contributed by atoms with Crippen LogP contribution in [0.4, 0.5) is 0 Å². The van der Waals surface area contributed by atoms with Crippen LogP contribution in [0.25, 0.3) is 0 Å². The van der Waals surface area contributed by atoms with Crippen LogP contribution in [0.3, 0.4) is 0 Å². The summed E-state index contributed by atoms with van der Waals surface area (Å²) in [6.07, 6.45) is 1.12. The Labute approximate surface area is 133 Å². The average Bonchev–Trinajstić information content (AvgIpc) is 2.52. The van der Waals surface area contributed by atoms with E-state index in [0.29, 0.717) is 18.0 Å². The minimum atomic E-state index is -0.0706. The van der Waals surface area contributed by atoms with Crippen molar-refractivity contribution in [3.05, 3.63) is 35.4 Å². The SMILES string of the molecule is CCNC(=NCc1ccc(C(=O)NC)cc1)NCCC(C)C. The lowest BCUT2D eigenvalue weighted by Crippen LogP contribution is -2.38. The first kappa shape index (κ1) is 18.0. The van der Waals surface area contributed by atoms with E-state index >= 15 is 0 Å². The van der Waals surface area contributed by atoms with Gasteiger partial charge in [-0.2, -0.15) is 0 Å². The summed E-state index contributed by atoms with van der Waals surface area (Å²) >= 11 is 0. The van der Waals surface area contributed by atoms with Gasteiger partial charge in [0.1, 0.15) is 0 Å². The summed E-state index contributed by atoms with van der Waals surface area (Å²) in [5.74, 6) is 1.44. The van der Waals surface area contributed by atoms with E-state index in [1.807, 2.05) is 24.3 Å². The monoisotopic (exact) mass is 304 g/mol. The van der Waals surface area contributed by atoms with E-state index < -0.39 is 0 Å². The van der Waals surface area contributed by atoms with Crippen molar-refractivity contribution in [3.8, 4) is 0 Å². The third-order valence-corrected chi connectivity index (χ3v) is 3.22. The van der Waals surface area contributed by atoms with Crippen LogP contribution in [0.1, 0.15) is 43.1 Å². The van der Waals surface area contributed by atoms with Crippen molar-refractivity contribution in [3.63, 3.8) is 0 Å². The van der Waals surface area contributed by atoms with Gasteiger partial charge >= 0.3 is 0 Å². The maximum atomic E-state index is 11.5. The van der Waals surface area contributed by atoms with Crippen molar-refractivity contribution >= 4 is 11.9 Å². The fourth-order valence-corrected chi connectivity index (χ4v) is 1.90. The highest BCUT2D eigenvalue weighted by molar-refractivity contribution is 5.93. The molecule has 5 nitrogen and oxygen atoms in total. The Morgan fingerprint density at radius 2 is 1.86 bits per heavy atom. The first-order chi connectivity index (χ1) is 10.6. The van der Waals surface area contributed by atoms with Gasteiger partial charge in [0.15, 0.2) is 5.96 Å². The molecule has 1 aromatic rings. The smallest absolute Gasteiger partial charge is 0.251 e. The van der Waals surface area contributed by atoms with E-state index in [9.17, 15) is 4.79 Å². The van der Waals surface area contributed by atoms with Gasteiger partial charge in [0, 0.05) is 25.7 Å². The number of hydrogen-bond acceptors (Lipinski definition) is 2. The molecule has 0 aliphatic rings. The summed E-state index contributed by atoms with van der Waals surface area (Å²) < 4.78 is 0. The second-order valence-electron chi connectivity index (χ2n) is 5.58. The molecule has 0 bridgehead atoms. The third kappa shape index (κ3) is 6.61. The summed E-state index contributed by atoms with van der Waals surface area (Å²) in [5.41, 5.74) is 1.74. The number of benzene rings is 1. The quantitative estimate of drug-likeness (QED) is 0.534. The molecule has 0 saturated heterocycles. The van der Waals surface area contributed by atoms with Gasteiger partial charge in [-0.3, -0.25) is 4.79 Å². The predicted octanol–water partition coefficient (Wildman–Crippen LogP) is 2.15. The Hall–Kier alpha value is -2.04. The number of carbonyl (C=O) groups is 1. The normalized spacial score (nSPS) is 11.4. The molecule has 0 fully saturated rings. The van der Waals surface area contributed by atoms with Crippen LogP contribution in [0, 0.1) is 5.92 Å². The maximum absolute atomic E-state index is 11.5. The van der Waals surface area contributed by atoms with E-state index in [4.69, 9.17) is 0 Å². The highest BCUT2D eigenvalue weighted by Crippen LogP contribution is 2.05. The standard InChI is InChI=1S/C17H28N4O/c1-5-19-17(20-11-10-13(2)3)21-12-14-6-8-15(9-7-14)16(22)18-4/h6-9,13H,5,10-12H2,1-4H3,(H,18,22)(H2,19,20,21). The molecule has 22 heavy (non-hydrogen) atoms. The first-order valence-corrected chi connectivity index (χ1v) is 7.90. The van der Waals surface area contributed by atoms with Gasteiger partial charge in [-0.25, -0.2) is 4.99 Å². The lowest BCUT2D eigenvalue weighted by molar-refractivity contribution is 0.0963. The zero-order valence-electron chi connectivity index (χ0n) is 14.1. The predicted molar refractivity (Wildman–Crippen MR) is 92.1 cm³/mol. The molecule has 0 aromatic heterocycles. The molecule has 1 aromatic carbocycles. The van der Waals surface area contributed by atoms with Gasteiger partial charge in [0.05, 0.1) is 6.54 Å². The van der Waals surface area contributed by atoms with Gasteiger partial charge in [-0.15, -0.1) is 0 Å². The van der Waals surface area contributed by atoms with E-state index in [1.54, 1.807) is 7.05 Å². The lowest BCUT2D eigenvalue weighted by Gasteiger charge is -2.12. The van der Waals surface area contributed by atoms with Crippen molar-refractivity contribution in [1.82, 2.24) is 16.0 Å². The van der Waals surface area contributed by atoms with Crippen LogP contribution < -0.4 is 16.0 Å².